The number of halogens is 3. The normalized spacial score (nSPS) is 21.8. The van der Waals surface area contributed by atoms with Crippen LogP contribution in [0.2, 0.25) is 0 Å². The quantitative estimate of drug-likeness (QED) is 0.221. The van der Waals surface area contributed by atoms with Crippen LogP contribution in [0.3, 0.4) is 0 Å². The van der Waals surface area contributed by atoms with Gasteiger partial charge in [-0.25, -0.2) is 4.79 Å². The minimum atomic E-state index is -5.19. The monoisotopic (exact) mass is 604 g/mol. The van der Waals surface area contributed by atoms with Gasteiger partial charge in [-0.15, -0.1) is 0 Å². The predicted octanol–water partition coefficient (Wildman–Crippen LogP) is 4.24. The molecular formula is C30H31F3N2O6S. The molecular weight excluding hydrogens is 573 g/mol. The Hall–Kier alpha value is -3.90. The number of quaternary nitrogens is 1. The van der Waals surface area contributed by atoms with Crippen molar-refractivity contribution in [1.82, 2.24) is 0 Å². The van der Waals surface area contributed by atoms with E-state index in [0.29, 0.717) is 23.5 Å². The summed E-state index contributed by atoms with van der Waals surface area (Å²) in [7, 11) is 1.63. The van der Waals surface area contributed by atoms with E-state index in [4.69, 9.17) is 19.4 Å². The molecule has 3 saturated heterocycles. The van der Waals surface area contributed by atoms with Crippen LogP contribution in [0.15, 0.2) is 71.4 Å². The van der Waals surface area contributed by atoms with Gasteiger partial charge in [-0.05, 0) is 46.7 Å². The molecule has 1 unspecified atom stereocenters. The van der Waals surface area contributed by atoms with Gasteiger partial charge in [0, 0.05) is 30.0 Å². The van der Waals surface area contributed by atoms with Crippen molar-refractivity contribution >= 4 is 34.7 Å². The number of benzene rings is 2. The lowest BCUT2D eigenvalue weighted by molar-refractivity contribution is -0.938. The van der Waals surface area contributed by atoms with Crippen molar-refractivity contribution in [1.29, 1.82) is 0 Å². The summed E-state index contributed by atoms with van der Waals surface area (Å²) in [6.07, 6.45) is -3.41. The van der Waals surface area contributed by atoms with Gasteiger partial charge in [-0.1, -0.05) is 30.3 Å². The molecule has 6 rings (SSSR count). The molecule has 8 nitrogen and oxygen atoms in total. The number of hydrogen-bond acceptors (Lipinski definition) is 8. The molecule has 0 aliphatic carbocycles. The Balaban J connectivity index is 0.000000517. The second-order valence-electron chi connectivity index (χ2n) is 10.4. The number of methoxy groups -OCH3 is 1. The van der Waals surface area contributed by atoms with Crippen molar-refractivity contribution in [2.24, 2.45) is 5.92 Å². The van der Waals surface area contributed by atoms with Crippen LogP contribution in [0.1, 0.15) is 34.8 Å². The van der Waals surface area contributed by atoms with Gasteiger partial charge >= 0.3 is 12.1 Å². The van der Waals surface area contributed by atoms with Crippen LogP contribution in [-0.4, -0.2) is 67.8 Å². The standard InChI is InChI=1S/C28H31N2O4S.C2HF3O2/c1-33-24-9-7-23(8-10-24)29-27(22-13-16-35-19-22)28(32)34-26-18-30(14-11-21(26)12-15-30)17-25(31)20-5-3-2-4-6-20;3-2(4,5)1(6)7/h2-10,13,16,19,21,26-27,29H,11-12,14-15,17-18H2,1H3;(H,6,7)/q+1;/p-1/t21?,26-,27?,30?;/m0./s1. The number of thiophene rings is 1. The largest absolute Gasteiger partial charge is 0.542 e. The zero-order valence-corrected chi connectivity index (χ0v) is 23.7. The van der Waals surface area contributed by atoms with Crippen LogP contribution < -0.4 is 15.2 Å². The summed E-state index contributed by atoms with van der Waals surface area (Å²) in [5.41, 5.74) is 2.47. The third-order valence-corrected chi connectivity index (χ3v) is 8.33. The predicted molar refractivity (Wildman–Crippen MR) is 148 cm³/mol. The highest BCUT2D eigenvalue weighted by Crippen LogP contribution is 2.37. The van der Waals surface area contributed by atoms with Crippen LogP contribution in [0.5, 0.6) is 5.75 Å². The molecule has 3 aromatic rings. The van der Waals surface area contributed by atoms with Crippen molar-refractivity contribution in [2.45, 2.75) is 31.2 Å². The lowest BCUT2D eigenvalue weighted by Gasteiger charge is -2.51. The number of nitrogens with zero attached hydrogens (tertiary/aromatic N) is 1. The molecule has 0 amide bonds. The SMILES string of the molecule is COc1ccc(NC(C(=O)O[C@H]2C[N+]3(CC(=O)c4ccccc4)CCC2CC3)c2ccsc2)cc1.O=C([O-])C(F)(F)F. The first-order valence-electron chi connectivity index (χ1n) is 13.3. The van der Waals surface area contributed by atoms with Gasteiger partial charge in [0.1, 0.15) is 24.8 Å². The Morgan fingerprint density at radius 1 is 1.05 bits per heavy atom. The highest BCUT2D eigenvalue weighted by molar-refractivity contribution is 7.08. The number of carbonyl (C=O) groups is 3. The topological polar surface area (TPSA) is 105 Å². The number of fused-ring (bicyclic) bond motifs is 3. The lowest BCUT2D eigenvalue weighted by Crippen LogP contribution is -2.65. The van der Waals surface area contributed by atoms with E-state index in [1.807, 2.05) is 71.4 Å². The fourth-order valence-electron chi connectivity index (χ4n) is 5.39. The van der Waals surface area contributed by atoms with Crippen molar-refractivity contribution < 1.29 is 46.6 Å². The Morgan fingerprint density at radius 2 is 1.69 bits per heavy atom. The summed E-state index contributed by atoms with van der Waals surface area (Å²) in [6, 6.07) is 18.4. The third-order valence-electron chi connectivity index (χ3n) is 7.63. The number of piperidine rings is 3. The number of carboxylic acids is 1. The number of rotatable bonds is 9. The number of nitrogens with one attached hydrogen (secondary N) is 1. The highest BCUT2D eigenvalue weighted by atomic mass is 32.1. The number of alkyl halides is 3. The van der Waals surface area contributed by atoms with Crippen LogP contribution in [0, 0.1) is 5.92 Å². The maximum atomic E-state index is 13.5. The van der Waals surface area contributed by atoms with Gasteiger partial charge in [-0.2, -0.15) is 24.5 Å². The van der Waals surface area contributed by atoms with Gasteiger partial charge in [0.25, 0.3) is 0 Å². The summed E-state index contributed by atoms with van der Waals surface area (Å²) >= 11 is 1.56. The highest BCUT2D eigenvalue weighted by Gasteiger charge is 2.49. The number of carboxylic acid groups (broad SMARTS) is 1. The van der Waals surface area contributed by atoms with E-state index in [-0.39, 0.29) is 17.9 Å². The van der Waals surface area contributed by atoms with Gasteiger partial charge < -0.3 is 29.2 Å². The molecule has 2 atom stereocenters. The fraction of sp³-hybridized carbons (Fsp3) is 0.367. The molecule has 42 heavy (non-hydrogen) atoms. The molecule has 4 heterocycles. The average Bonchev–Trinajstić information content (AvgIpc) is 3.51. The van der Waals surface area contributed by atoms with Gasteiger partial charge in [0.2, 0.25) is 5.78 Å². The Bertz CT molecular complexity index is 1340. The number of esters is 1. The zero-order valence-electron chi connectivity index (χ0n) is 22.8. The molecule has 3 aliphatic heterocycles. The average molecular weight is 605 g/mol. The molecule has 2 bridgehead atoms. The second-order valence-corrected chi connectivity index (χ2v) is 11.2. The number of carbonyl (C=O) groups excluding carboxylic acids is 3. The minimum Gasteiger partial charge on any atom is -0.542 e. The van der Waals surface area contributed by atoms with Crippen molar-refractivity contribution in [2.75, 3.05) is 38.6 Å². The number of Topliss-reactive ketones (excluding diaryl/α,β-unsaturated/α-hetero) is 1. The van der Waals surface area contributed by atoms with Gasteiger partial charge in [0.15, 0.2) is 12.1 Å². The number of hydrogen-bond donors (Lipinski definition) is 1. The fourth-order valence-corrected chi connectivity index (χ4v) is 6.07. The number of aliphatic carboxylic acids is 1. The molecule has 3 aliphatic rings. The first-order valence-corrected chi connectivity index (χ1v) is 14.3. The molecule has 0 radical (unpaired) electrons. The maximum absolute atomic E-state index is 13.5. The van der Waals surface area contributed by atoms with E-state index < -0.39 is 18.2 Å². The smallest absolute Gasteiger partial charge is 0.430 e. The Labute approximate surface area is 245 Å². The van der Waals surface area contributed by atoms with Crippen LogP contribution in [0.25, 0.3) is 0 Å². The van der Waals surface area contributed by atoms with Crippen LogP contribution in [-0.2, 0) is 14.3 Å². The molecule has 0 saturated carbocycles. The van der Waals surface area contributed by atoms with Crippen molar-refractivity contribution in [3.63, 3.8) is 0 Å². The summed E-state index contributed by atoms with van der Waals surface area (Å²) < 4.78 is 43.7. The zero-order chi connectivity index (χ0) is 30.3. The minimum absolute atomic E-state index is 0.161. The van der Waals surface area contributed by atoms with Gasteiger partial charge in [-0.3, -0.25) is 4.79 Å². The lowest BCUT2D eigenvalue weighted by atomic mass is 9.82. The van der Waals surface area contributed by atoms with Crippen molar-refractivity contribution in [3.05, 3.63) is 82.6 Å². The van der Waals surface area contributed by atoms with E-state index in [1.165, 1.54) is 0 Å². The molecule has 2 aromatic carbocycles. The second kappa shape index (κ2) is 13.4. The molecule has 224 valence electrons. The first-order chi connectivity index (χ1) is 20.0. The maximum Gasteiger partial charge on any atom is 0.430 e. The van der Waals surface area contributed by atoms with Crippen LogP contribution in [0.4, 0.5) is 18.9 Å². The van der Waals surface area contributed by atoms with E-state index in [2.05, 4.69) is 5.32 Å². The first kappa shape index (κ1) is 31.0. The summed E-state index contributed by atoms with van der Waals surface area (Å²) in [6.45, 7) is 3.10. The summed E-state index contributed by atoms with van der Waals surface area (Å²) in [5, 5.41) is 16.1. The van der Waals surface area contributed by atoms with E-state index in [9.17, 15) is 22.8 Å². The Kier molecular flexibility index (Phi) is 9.89. The molecule has 3 fully saturated rings. The molecule has 1 N–H and O–H groups in total. The molecule has 12 heteroatoms. The molecule has 0 spiro atoms. The third kappa shape index (κ3) is 7.89. The van der Waals surface area contributed by atoms with E-state index in [0.717, 1.165) is 48.5 Å². The number of anilines is 1. The molecule has 1 aromatic heterocycles. The Morgan fingerprint density at radius 3 is 2.24 bits per heavy atom. The number of ether oxygens (including phenoxy) is 2. The van der Waals surface area contributed by atoms with Gasteiger partial charge in [0.05, 0.1) is 20.2 Å². The van der Waals surface area contributed by atoms with Crippen LogP contribution >= 0.6 is 11.3 Å². The number of ketones is 1. The van der Waals surface area contributed by atoms with Crippen molar-refractivity contribution in [3.8, 4) is 5.75 Å². The van der Waals surface area contributed by atoms with E-state index >= 15 is 0 Å². The van der Waals surface area contributed by atoms with E-state index in [1.54, 1.807) is 18.4 Å². The summed E-state index contributed by atoms with van der Waals surface area (Å²) in [4.78, 5) is 35.3. The summed E-state index contributed by atoms with van der Waals surface area (Å²) in [5.74, 6) is -2.00.